The van der Waals surface area contributed by atoms with Crippen molar-refractivity contribution in [2.24, 2.45) is 0 Å². The van der Waals surface area contributed by atoms with Gasteiger partial charge in [0.2, 0.25) is 0 Å². The number of alkyl halides is 1. The third-order valence-electron chi connectivity index (χ3n) is 1.84. The van der Waals surface area contributed by atoms with E-state index in [4.69, 9.17) is 5.26 Å². The Balaban J connectivity index is 3.56. The highest BCUT2D eigenvalue weighted by atomic mass is 127. The van der Waals surface area contributed by atoms with E-state index in [0.717, 1.165) is 0 Å². The zero-order valence-electron chi connectivity index (χ0n) is 7.74. The Bertz CT molecular complexity index is 510. The Morgan fingerprint density at radius 2 is 2.25 bits per heavy atom. The quantitative estimate of drug-likeness (QED) is 0.259. The molecule has 0 heterocycles. The van der Waals surface area contributed by atoms with Gasteiger partial charge in [0.25, 0.3) is 5.69 Å². The van der Waals surface area contributed by atoms with E-state index in [1.54, 1.807) is 22.6 Å². The van der Waals surface area contributed by atoms with Crippen molar-refractivity contribution >= 4 is 50.0 Å². The number of Topliss-reactive ketones (excluding diaryl/α,β-unsaturated/α-hetero) is 1. The minimum Gasteiger partial charge on any atom is -0.293 e. The van der Waals surface area contributed by atoms with Crippen LogP contribution in [0.2, 0.25) is 0 Å². The number of carbonyl (C=O) groups is 1. The van der Waals surface area contributed by atoms with E-state index < -0.39 is 10.7 Å². The van der Waals surface area contributed by atoms with Crippen LogP contribution in [0.3, 0.4) is 0 Å². The van der Waals surface area contributed by atoms with Crippen LogP contribution in [-0.2, 0) is 0 Å². The predicted octanol–water partition coefficient (Wildman–Crippen LogP) is 2.65. The molecule has 5 nitrogen and oxygen atoms in total. The number of ketones is 1. The van der Waals surface area contributed by atoms with E-state index in [-0.39, 0.29) is 22.1 Å². The fourth-order valence-electron chi connectivity index (χ4n) is 1.14. The second-order valence-corrected chi connectivity index (χ2v) is 4.39. The number of halogens is 2. The summed E-state index contributed by atoms with van der Waals surface area (Å²) in [4.78, 5) is 21.7. The maximum atomic E-state index is 11.6. The first-order valence-corrected chi connectivity index (χ1v) is 6.19. The Kier molecular flexibility index (Phi) is 4.37. The molecule has 82 valence electrons. The molecule has 1 aromatic carbocycles. The monoisotopic (exact) mass is 394 g/mol. The first-order valence-electron chi connectivity index (χ1n) is 3.99. The van der Waals surface area contributed by atoms with Gasteiger partial charge in [0.1, 0.15) is 11.6 Å². The van der Waals surface area contributed by atoms with E-state index in [0.29, 0.717) is 3.57 Å². The van der Waals surface area contributed by atoms with Crippen LogP contribution in [0.5, 0.6) is 0 Å². The summed E-state index contributed by atoms with van der Waals surface area (Å²) in [6.07, 6.45) is 0. The van der Waals surface area contributed by atoms with Gasteiger partial charge < -0.3 is 0 Å². The summed E-state index contributed by atoms with van der Waals surface area (Å²) in [6, 6.07) is 4.40. The van der Waals surface area contributed by atoms with Crippen LogP contribution < -0.4 is 0 Å². The maximum Gasteiger partial charge on any atom is 0.281 e. The van der Waals surface area contributed by atoms with Crippen LogP contribution in [0, 0.1) is 25.0 Å². The molecule has 0 bridgehead atoms. The van der Waals surface area contributed by atoms with Crippen molar-refractivity contribution in [1.29, 1.82) is 5.26 Å². The number of nitrogens with zero attached hydrogens (tertiary/aromatic N) is 2. The number of hydrogen-bond donors (Lipinski definition) is 0. The van der Waals surface area contributed by atoms with Crippen LogP contribution >= 0.6 is 38.5 Å². The number of benzene rings is 1. The largest absolute Gasteiger partial charge is 0.293 e. The Morgan fingerprint density at radius 1 is 1.62 bits per heavy atom. The molecule has 0 N–H and O–H groups in total. The lowest BCUT2D eigenvalue weighted by Gasteiger charge is -2.04. The van der Waals surface area contributed by atoms with Gasteiger partial charge in [-0.15, -0.1) is 0 Å². The van der Waals surface area contributed by atoms with E-state index in [1.807, 2.05) is 6.07 Å². The number of nitro benzene ring substituents is 1. The van der Waals surface area contributed by atoms with Crippen LogP contribution in [0.25, 0.3) is 0 Å². The van der Waals surface area contributed by atoms with Crippen molar-refractivity contribution in [3.63, 3.8) is 0 Å². The van der Waals surface area contributed by atoms with Gasteiger partial charge >= 0.3 is 0 Å². The molecule has 1 aromatic rings. The lowest BCUT2D eigenvalue weighted by Crippen LogP contribution is -2.08. The van der Waals surface area contributed by atoms with Crippen molar-refractivity contribution in [3.8, 4) is 6.07 Å². The van der Waals surface area contributed by atoms with Crippen molar-refractivity contribution in [3.05, 3.63) is 36.9 Å². The Morgan fingerprint density at radius 3 is 2.69 bits per heavy atom. The molecular formula is C9H4BrIN2O3. The van der Waals surface area contributed by atoms with E-state index in [1.165, 1.54) is 12.1 Å². The Labute approximate surface area is 113 Å². The summed E-state index contributed by atoms with van der Waals surface area (Å²) in [5.41, 5.74) is -0.0233. The highest BCUT2D eigenvalue weighted by Gasteiger charge is 2.24. The van der Waals surface area contributed by atoms with Gasteiger partial charge in [-0.1, -0.05) is 15.9 Å². The molecular weight excluding hydrogens is 391 g/mol. The predicted molar refractivity (Wildman–Crippen MR) is 68.7 cm³/mol. The summed E-state index contributed by atoms with van der Waals surface area (Å²) in [7, 11) is 0. The first-order chi connectivity index (χ1) is 7.52. The molecule has 0 saturated carbocycles. The summed E-state index contributed by atoms with van der Waals surface area (Å²) in [5, 5.41) is 19.5. The number of nitro groups is 1. The van der Waals surface area contributed by atoms with Crippen LogP contribution in [0.15, 0.2) is 12.1 Å². The second-order valence-electron chi connectivity index (χ2n) is 2.75. The van der Waals surface area contributed by atoms with E-state index in [2.05, 4.69) is 15.9 Å². The van der Waals surface area contributed by atoms with Gasteiger partial charge in [-0.05, 0) is 28.7 Å². The summed E-state index contributed by atoms with van der Waals surface area (Å²) in [5.74, 6) is -0.409. The molecule has 1 rings (SSSR count). The van der Waals surface area contributed by atoms with Gasteiger partial charge in [-0.2, -0.15) is 5.26 Å². The van der Waals surface area contributed by atoms with E-state index >= 15 is 0 Å². The molecule has 0 fully saturated rings. The average molecular weight is 395 g/mol. The zero-order valence-corrected chi connectivity index (χ0v) is 11.5. The minimum absolute atomic E-state index is 0.0125. The molecule has 0 unspecified atom stereocenters. The van der Waals surface area contributed by atoms with Crippen LogP contribution in [0.4, 0.5) is 5.69 Å². The van der Waals surface area contributed by atoms with Crippen molar-refractivity contribution in [2.45, 2.75) is 0 Å². The number of rotatable bonds is 3. The Hall–Kier alpha value is -1.01. The smallest absolute Gasteiger partial charge is 0.281 e. The molecule has 0 spiro atoms. The van der Waals surface area contributed by atoms with Gasteiger partial charge in [0, 0.05) is 9.64 Å². The molecule has 0 aliphatic carbocycles. The van der Waals surface area contributed by atoms with Crippen molar-refractivity contribution < 1.29 is 9.72 Å². The van der Waals surface area contributed by atoms with Gasteiger partial charge in [-0.3, -0.25) is 14.9 Å². The second kappa shape index (κ2) is 5.36. The van der Waals surface area contributed by atoms with Gasteiger partial charge in [0.15, 0.2) is 5.78 Å². The molecule has 0 aliphatic rings. The van der Waals surface area contributed by atoms with Crippen molar-refractivity contribution in [2.75, 3.05) is 5.33 Å². The normalized spacial score (nSPS) is 9.56. The lowest BCUT2D eigenvalue weighted by atomic mass is 10.1. The number of nitriles is 1. The third kappa shape index (κ3) is 2.38. The highest BCUT2D eigenvalue weighted by molar-refractivity contribution is 14.1. The highest BCUT2D eigenvalue weighted by Crippen LogP contribution is 2.27. The van der Waals surface area contributed by atoms with Crippen molar-refractivity contribution in [1.82, 2.24) is 0 Å². The summed E-state index contributed by atoms with van der Waals surface area (Å²) < 4.78 is 0.318. The minimum atomic E-state index is -0.626. The first kappa shape index (κ1) is 13.1. The van der Waals surface area contributed by atoms with E-state index in [9.17, 15) is 14.9 Å². The third-order valence-corrected chi connectivity index (χ3v) is 3.47. The maximum absolute atomic E-state index is 11.6. The molecule has 0 saturated heterocycles. The standard InChI is InChI=1S/C9H4BrIN2O3/c10-3-7(14)8-6(13(15)16)2-1-5(4-12)9(8)11/h1-2H,3H2. The molecule has 0 radical (unpaired) electrons. The molecule has 0 atom stereocenters. The lowest BCUT2D eigenvalue weighted by molar-refractivity contribution is -0.385. The molecule has 16 heavy (non-hydrogen) atoms. The molecule has 0 amide bonds. The molecule has 0 aliphatic heterocycles. The van der Waals surface area contributed by atoms with Gasteiger partial charge in [0.05, 0.1) is 15.8 Å². The topological polar surface area (TPSA) is 84.0 Å². The van der Waals surface area contributed by atoms with Crippen LogP contribution in [-0.4, -0.2) is 16.0 Å². The molecule has 0 aromatic heterocycles. The zero-order chi connectivity index (χ0) is 12.3. The number of hydrogen-bond acceptors (Lipinski definition) is 4. The fourth-order valence-corrected chi connectivity index (χ4v) is 2.29. The summed E-state index contributed by atoms with van der Waals surface area (Å²) in [6.45, 7) is 0. The van der Waals surface area contributed by atoms with Gasteiger partial charge in [-0.25, -0.2) is 0 Å². The SMILES string of the molecule is N#Cc1ccc([N+](=O)[O-])c(C(=O)CBr)c1I. The number of carbonyl (C=O) groups excluding carboxylic acids is 1. The van der Waals surface area contributed by atoms with Crippen LogP contribution in [0.1, 0.15) is 15.9 Å². The molecule has 7 heteroatoms. The fraction of sp³-hybridized carbons (Fsp3) is 0.111. The average Bonchev–Trinajstić information content (AvgIpc) is 2.27. The summed E-state index contributed by atoms with van der Waals surface area (Å²) >= 11 is 4.73.